The van der Waals surface area contributed by atoms with Gasteiger partial charge < -0.3 is 38.6 Å². The Balaban J connectivity index is 1.85. The number of alkyl carbamates (subject to hydrolysis) is 1. The highest BCUT2D eigenvalue weighted by atomic mass is 16.6. The summed E-state index contributed by atoms with van der Waals surface area (Å²) in [7, 11) is 4.65. The third-order valence-corrected chi connectivity index (χ3v) is 7.27. The first-order valence-electron chi connectivity index (χ1n) is 15.8. The summed E-state index contributed by atoms with van der Waals surface area (Å²) in [5.41, 5.74) is -0.398. The number of ether oxygens (including phenoxy) is 6. The Bertz CT molecular complexity index is 1380. The topological polar surface area (TPSA) is 142 Å². The van der Waals surface area contributed by atoms with Gasteiger partial charge in [0, 0.05) is 38.3 Å². The fourth-order valence-electron chi connectivity index (χ4n) is 5.13. The maximum atomic E-state index is 14.2. The molecule has 2 amide bonds. The number of nitrogens with one attached hydrogen (secondary N) is 1. The lowest BCUT2D eigenvalue weighted by atomic mass is 9.97. The van der Waals surface area contributed by atoms with Crippen LogP contribution in [0.4, 0.5) is 4.79 Å². The third-order valence-electron chi connectivity index (χ3n) is 7.27. The summed E-state index contributed by atoms with van der Waals surface area (Å²) in [6.07, 6.45) is -0.978. The van der Waals surface area contributed by atoms with Gasteiger partial charge in [-0.2, -0.15) is 0 Å². The minimum atomic E-state index is -1.80. The number of benzene rings is 2. The average molecular weight is 672 g/mol. The van der Waals surface area contributed by atoms with Crippen LogP contribution in [-0.4, -0.2) is 98.5 Å². The second kappa shape index (κ2) is 16.5. The van der Waals surface area contributed by atoms with Crippen LogP contribution in [0.3, 0.4) is 0 Å². The Morgan fingerprint density at radius 2 is 1.31 bits per heavy atom. The molecule has 0 radical (unpaired) electrons. The van der Waals surface area contributed by atoms with Gasteiger partial charge in [-0.15, -0.1) is 0 Å². The SMILES string of the molecule is COc1ccc(CN2CCN(C(=O)C(NC(=O)OCc3ccccc3)C(C(=O)OC(C)(C)C)C(=O)OC(C)(C)C)CC2)c(OC)c1OC. The zero-order chi connectivity index (χ0) is 35.6. The van der Waals surface area contributed by atoms with Crippen molar-refractivity contribution < 1.29 is 47.6 Å². The molecule has 13 heteroatoms. The van der Waals surface area contributed by atoms with E-state index in [1.807, 2.05) is 12.1 Å². The molecule has 1 atom stereocenters. The molecule has 0 saturated carbocycles. The van der Waals surface area contributed by atoms with E-state index in [2.05, 4.69) is 10.2 Å². The van der Waals surface area contributed by atoms with E-state index >= 15 is 0 Å². The van der Waals surface area contributed by atoms with Gasteiger partial charge in [0.1, 0.15) is 23.9 Å². The summed E-state index contributed by atoms with van der Waals surface area (Å²) in [5, 5.41) is 2.50. The molecular formula is C35H49N3O10. The van der Waals surface area contributed by atoms with Gasteiger partial charge in [-0.3, -0.25) is 19.3 Å². The summed E-state index contributed by atoms with van der Waals surface area (Å²) in [6, 6.07) is 11.0. The lowest BCUT2D eigenvalue weighted by Gasteiger charge is -2.38. The van der Waals surface area contributed by atoms with Crippen molar-refractivity contribution in [2.75, 3.05) is 47.5 Å². The quantitative estimate of drug-likeness (QED) is 0.199. The van der Waals surface area contributed by atoms with Gasteiger partial charge in [0.05, 0.1) is 21.3 Å². The molecule has 264 valence electrons. The van der Waals surface area contributed by atoms with Crippen LogP contribution in [0.2, 0.25) is 0 Å². The first-order valence-corrected chi connectivity index (χ1v) is 15.8. The van der Waals surface area contributed by atoms with Crippen LogP contribution in [0, 0.1) is 5.92 Å². The zero-order valence-corrected chi connectivity index (χ0v) is 29.4. The predicted molar refractivity (Wildman–Crippen MR) is 177 cm³/mol. The van der Waals surface area contributed by atoms with E-state index in [0.29, 0.717) is 42.4 Å². The number of methoxy groups -OCH3 is 3. The highest BCUT2D eigenvalue weighted by Gasteiger charge is 2.47. The van der Waals surface area contributed by atoms with Gasteiger partial charge in [0.2, 0.25) is 11.7 Å². The number of amides is 2. The molecule has 2 aromatic rings. The number of carbonyl (C=O) groups excluding carboxylic acids is 4. The van der Waals surface area contributed by atoms with Crippen molar-refractivity contribution in [3.05, 3.63) is 53.6 Å². The molecule has 1 N–H and O–H groups in total. The standard InChI is InChI=1S/C35H49N3O10/c1-34(2,3)47-31(40)26(32(41)48-35(4,5)6)27(36-33(42)46-22-23-13-11-10-12-14-23)30(39)38-19-17-37(18-20-38)21-24-15-16-25(43-7)29(45-9)28(24)44-8/h10-16,26-27H,17-22H2,1-9H3,(H,36,42). The van der Waals surface area contributed by atoms with Gasteiger partial charge in [0.25, 0.3) is 0 Å². The molecule has 1 aliphatic heterocycles. The van der Waals surface area contributed by atoms with Crippen molar-refractivity contribution in [1.29, 1.82) is 0 Å². The molecule has 1 unspecified atom stereocenters. The first-order chi connectivity index (χ1) is 22.6. The van der Waals surface area contributed by atoms with Gasteiger partial charge >= 0.3 is 18.0 Å². The van der Waals surface area contributed by atoms with Crippen molar-refractivity contribution >= 4 is 23.9 Å². The number of rotatable bonds is 12. The van der Waals surface area contributed by atoms with Gasteiger partial charge in [0.15, 0.2) is 17.4 Å². The Kier molecular flexibility index (Phi) is 13.1. The summed E-state index contributed by atoms with van der Waals surface area (Å²) in [6.45, 7) is 11.7. The number of hydrogen-bond donors (Lipinski definition) is 1. The zero-order valence-electron chi connectivity index (χ0n) is 29.4. The summed E-state index contributed by atoms with van der Waals surface area (Å²) in [4.78, 5) is 58.0. The molecule has 0 bridgehead atoms. The predicted octanol–water partition coefficient (Wildman–Crippen LogP) is 3.95. The first kappa shape index (κ1) is 37.9. The van der Waals surface area contributed by atoms with Crippen LogP contribution < -0.4 is 19.5 Å². The third kappa shape index (κ3) is 10.8. The second-order valence-corrected chi connectivity index (χ2v) is 13.3. The van der Waals surface area contributed by atoms with E-state index < -0.39 is 47.1 Å². The van der Waals surface area contributed by atoms with E-state index in [1.54, 1.807) is 86.1 Å². The molecule has 0 aromatic heterocycles. The van der Waals surface area contributed by atoms with E-state index in [1.165, 1.54) is 12.0 Å². The molecule has 1 fully saturated rings. The van der Waals surface area contributed by atoms with Crippen LogP contribution in [0.25, 0.3) is 0 Å². The maximum absolute atomic E-state index is 14.2. The molecular weight excluding hydrogens is 622 g/mol. The monoisotopic (exact) mass is 671 g/mol. The number of piperazine rings is 1. The Labute approximate surface area is 282 Å². The lowest BCUT2D eigenvalue weighted by molar-refractivity contribution is -0.178. The van der Waals surface area contributed by atoms with Gasteiger partial charge in [-0.25, -0.2) is 4.79 Å². The molecule has 13 nitrogen and oxygen atoms in total. The molecule has 3 rings (SSSR count). The largest absolute Gasteiger partial charge is 0.493 e. The van der Waals surface area contributed by atoms with Crippen LogP contribution >= 0.6 is 0 Å². The van der Waals surface area contributed by atoms with Crippen LogP contribution in [0.1, 0.15) is 52.7 Å². The minimum absolute atomic E-state index is 0.0879. The molecule has 1 aliphatic rings. The van der Waals surface area contributed by atoms with E-state index in [-0.39, 0.29) is 19.7 Å². The number of hydrogen-bond acceptors (Lipinski definition) is 11. The average Bonchev–Trinajstić information content (AvgIpc) is 3.02. The molecule has 0 spiro atoms. The molecule has 2 aromatic carbocycles. The Hall–Kier alpha value is -4.52. The number of nitrogens with zero attached hydrogens (tertiary/aromatic N) is 2. The lowest BCUT2D eigenvalue weighted by Crippen LogP contribution is -2.60. The second-order valence-electron chi connectivity index (χ2n) is 13.3. The van der Waals surface area contributed by atoms with Gasteiger partial charge in [-0.05, 0) is 53.2 Å². The fraction of sp³-hybridized carbons (Fsp3) is 0.543. The maximum Gasteiger partial charge on any atom is 0.408 e. The Morgan fingerprint density at radius 1 is 0.750 bits per heavy atom. The molecule has 48 heavy (non-hydrogen) atoms. The molecule has 0 aliphatic carbocycles. The number of esters is 2. The van der Waals surface area contributed by atoms with Gasteiger partial charge in [-0.1, -0.05) is 36.4 Å². The van der Waals surface area contributed by atoms with E-state index in [9.17, 15) is 19.2 Å². The normalized spacial score (nSPS) is 14.5. The van der Waals surface area contributed by atoms with E-state index in [0.717, 1.165) is 5.56 Å². The van der Waals surface area contributed by atoms with Crippen molar-refractivity contribution in [2.24, 2.45) is 5.92 Å². The molecule has 1 saturated heterocycles. The van der Waals surface area contributed by atoms with Crippen LogP contribution in [0.5, 0.6) is 17.2 Å². The van der Waals surface area contributed by atoms with Crippen LogP contribution in [0.15, 0.2) is 42.5 Å². The van der Waals surface area contributed by atoms with Crippen molar-refractivity contribution in [3.8, 4) is 17.2 Å². The Morgan fingerprint density at radius 3 is 1.81 bits per heavy atom. The number of carbonyl (C=O) groups is 4. The summed E-state index contributed by atoms with van der Waals surface area (Å²) in [5.74, 6) is -2.87. The highest BCUT2D eigenvalue weighted by Crippen LogP contribution is 2.40. The highest BCUT2D eigenvalue weighted by molar-refractivity contribution is 6.03. The summed E-state index contributed by atoms with van der Waals surface area (Å²) < 4.78 is 33.0. The van der Waals surface area contributed by atoms with Crippen molar-refractivity contribution in [2.45, 2.75) is 71.9 Å². The fourth-order valence-corrected chi connectivity index (χ4v) is 5.13. The summed E-state index contributed by atoms with van der Waals surface area (Å²) >= 11 is 0. The minimum Gasteiger partial charge on any atom is -0.493 e. The van der Waals surface area contributed by atoms with Crippen molar-refractivity contribution in [3.63, 3.8) is 0 Å². The smallest absolute Gasteiger partial charge is 0.408 e. The van der Waals surface area contributed by atoms with E-state index in [4.69, 9.17) is 28.4 Å². The molecule has 1 heterocycles. The van der Waals surface area contributed by atoms with Crippen molar-refractivity contribution in [1.82, 2.24) is 15.1 Å². The van der Waals surface area contributed by atoms with Crippen LogP contribution in [-0.2, 0) is 41.7 Å².